The summed E-state index contributed by atoms with van der Waals surface area (Å²) in [6.45, 7) is 0.912. The molecule has 1 aromatic heterocycles. The Morgan fingerprint density at radius 1 is 1.10 bits per heavy atom. The molecule has 2 aromatic carbocycles. The third-order valence-electron chi connectivity index (χ3n) is 4.25. The van der Waals surface area contributed by atoms with E-state index < -0.39 is 0 Å². The van der Waals surface area contributed by atoms with E-state index >= 15 is 0 Å². The average Bonchev–Trinajstić information content (AvgIpc) is 3.24. The summed E-state index contributed by atoms with van der Waals surface area (Å²) in [4.78, 5) is 17.1. The van der Waals surface area contributed by atoms with E-state index in [2.05, 4.69) is 10.3 Å². The summed E-state index contributed by atoms with van der Waals surface area (Å²) in [5.74, 6) is 1.95. The SMILES string of the molecule is COc1ccc(-c2nc(C(=O)Nc3cc4c(cc3Cl)OCCO4)cs2)cc1OC. The van der Waals surface area contributed by atoms with Crippen LogP contribution in [0.2, 0.25) is 5.02 Å². The molecular weight excluding hydrogens is 416 g/mol. The first kappa shape index (κ1) is 19.4. The van der Waals surface area contributed by atoms with Gasteiger partial charge in [-0.25, -0.2) is 4.98 Å². The average molecular weight is 433 g/mol. The number of thiazole rings is 1. The Balaban J connectivity index is 1.55. The Bertz CT molecular complexity index is 1070. The third-order valence-corrected chi connectivity index (χ3v) is 5.45. The number of anilines is 1. The van der Waals surface area contributed by atoms with Crippen LogP contribution in [0, 0.1) is 0 Å². The molecule has 9 heteroatoms. The number of hydrogen-bond donors (Lipinski definition) is 1. The van der Waals surface area contributed by atoms with E-state index in [1.54, 1.807) is 37.8 Å². The molecule has 150 valence electrons. The molecule has 0 bridgehead atoms. The molecule has 29 heavy (non-hydrogen) atoms. The number of amides is 1. The van der Waals surface area contributed by atoms with Crippen LogP contribution in [-0.4, -0.2) is 38.3 Å². The molecule has 0 atom stereocenters. The van der Waals surface area contributed by atoms with Crippen molar-refractivity contribution in [2.45, 2.75) is 0 Å². The lowest BCUT2D eigenvalue weighted by molar-refractivity contribution is 0.102. The molecule has 0 aliphatic carbocycles. The van der Waals surface area contributed by atoms with Crippen molar-refractivity contribution >= 4 is 34.5 Å². The number of ether oxygens (including phenoxy) is 4. The molecule has 0 unspecified atom stereocenters. The van der Waals surface area contributed by atoms with Crippen molar-refractivity contribution in [2.24, 2.45) is 0 Å². The number of rotatable bonds is 5. The largest absolute Gasteiger partial charge is 0.493 e. The smallest absolute Gasteiger partial charge is 0.275 e. The van der Waals surface area contributed by atoms with Gasteiger partial charge in [0.1, 0.15) is 23.9 Å². The predicted molar refractivity (Wildman–Crippen MR) is 111 cm³/mol. The van der Waals surface area contributed by atoms with E-state index in [1.165, 1.54) is 11.3 Å². The highest BCUT2D eigenvalue weighted by Gasteiger charge is 2.19. The van der Waals surface area contributed by atoms with Crippen LogP contribution in [0.5, 0.6) is 23.0 Å². The quantitative estimate of drug-likeness (QED) is 0.639. The molecule has 0 radical (unpaired) electrons. The minimum absolute atomic E-state index is 0.283. The van der Waals surface area contributed by atoms with Crippen molar-refractivity contribution in [3.8, 4) is 33.6 Å². The van der Waals surface area contributed by atoms with Gasteiger partial charge in [-0.2, -0.15) is 0 Å². The Labute approximate surface area is 176 Å². The first-order chi connectivity index (χ1) is 14.1. The number of carbonyl (C=O) groups excluding carboxylic acids is 1. The second kappa shape index (κ2) is 8.18. The van der Waals surface area contributed by atoms with Crippen LogP contribution >= 0.6 is 22.9 Å². The van der Waals surface area contributed by atoms with Gasteiger partial charge in [-0.05, 0) is 18.2 Å². The van der Waals surface area contributed by atoms with E-state index in [0.717, 1.165) is 5.56 Å². The molecule has 0 saturated carbocycles. The Kier molecular flexibility index (Phi) is 5.46. The summed E-state index contributed by atoms with van der Waals surface area (Å²) in [7, 11) is 3.14. The fraction of sp³-hybridized carbons (Fsp3) is 0.200. The first-order valence-electron chi connectivity index (χ1n) is 8.67. The van der Waals surface area contributed by atoms with Crippen LogP contribution in [0.1, 0.15) is 10.5 Å². The maximum absolute atomic E-state index is 12.7. The number of nitrogens with zero attached hydrogens (tertiary/aromatic N) is 1. The lowest BCUT2D eigenvalue weighted by atomic mass is 10.2. The topological polar surface area (TPSA) is 78.9 Å². The first-order valence-corrected chi connectivity index (χ1v) is 9.93. The highest BCUT2D eigenvalue weighted by atomic mass is 35.5. The van der Waals surface area contributed by atoms with Crippen molar-refractivity contribution in [1.82, 2.24) is 4.98 Å². The predicted octanol–water partition coefficient (Wildman–Crippen LogP) is 4.50. The summed E-state index contributed by atoms with van der Waals surface area (Å²) in [5, 5.41) is 5.51. The van der Waals surface area contributed by atoms with Gasteiger partial charge in [0.15, 0.2) is 23.0 Å². The standard InChI is InChI=1S/C20H17ClN2O5S/c1-25-15-4-3-11(7-16(15)26-2)20-23-14(10-29-20)19(24)22-13-9-18-17(8-12(13)21)27-5-6-28-18/h3-4,7-10H,5-6H2,1-2H3,(H,22,24). The highest BCUT2D eigenvalue weighted by molar-refractivity contribution is 7.13. The molecule has 7 nitrogen and oxygen atoms in total. The van der Waals surface area contributed by atoms with Crippen molar-refractivity contribution in [1.29, 1.82) is 0 Å². The molecule has 1 aliphatic rings. The van der Waals surface area contributed by atoms with Gasteiger partial charge >= 0.3 is 0 Å². The number of halogens is 1. The molecule has 0 saturated heterocycles. The monoisotopic (exact) mass is 432 g/mol. The van der Waals surface area contributed by atoms with Crippen LogP contribution in [-0.2, 0) is 0 Å². The fourth-order valence-corrected chi connectivity index (χ4v) is 3.82. The second-order valence-corrected chi connectivity index (χ2v) is 7.30. The molecule has 1 aliphatic heterocycles. The van der Waals surface area contributed by atoms with Gasteiger partial charge in [0, 0.05) is 23.1 Å². The van der Waals surface area contributed by atoms with E-state index in [-0.39, 0.29) is 11.6 Å². The maximum Gasteiger partial charge on any atom is 0.275 e. The van der Waals surface area contributed by atoms with Gasteiger partial charge in [-0.15, -0.1) is 11.3 Å². The van der Waals surface area contributed by atoms with Crippen molar-refractivity contribution in [3.63, 3.8) is 0 Å². The number of aromatic nitrogens is 1. The van der Waals surface area contributed by atoms with Gasteiger partial charge in [0.25, 0.3) is 5.91 Å². The van der Waals surface area contributed by atoms with E-state index in [4.69, 9.17) is 30.5 Å². The molecule has 0 spiro atoms. The van der Waals surface area contributed by atoms with Crippen molar-refractivity contribution < 1.29 is 23.7 Å². The van der Waals surface area contributed by atoms with Gasteiger partial charge in [0.2, 0.25) is 0 Å². The number of benzene rings is 2. The summed E-state index contributed by atoms with van der Waals surface area (Å²) in [6, 6.07) is 8.75. The molecule has 1 N–H and O–H groups in total. The van der Waals surface area contributed by atoms with Gasteiger partial charge in [0.05, 0.1) is 24.9 Å². The van der Waals surface area contributed by atoms with E-state index in [0.29, 0.717) is 51.9 Å². The highest BCUT2D eigenvalue weighted by Crippen LogP contribution is 2.38. The maximum atomic E-state index is 12.7. The van der Waals surface area contributed by atoms with E-state index in [1.807, 2.05) is 12.1 Å². The van der Waals surface area contributed by atoms with Crippen LogP contribution in [0.3, 0.4) is 0 Å². The fourth-order valence-electron chi connectivity index (χ4n) is 2.83. The Morgan fingerprint density at radius 3 is 2.55 bits per heavy atom. The zero-order chi connectivity index (χ0) is 20.4. The number of hydrogen-bond acceptors (Lipinski definition) is 7. The number of fused-ring (bicyclic) bond motifs is 1. The van der Waals surface area contributed by atoms with Crippen LogP contribution in [0.15, 0.2) is 35.7 Å². The van der Waals surface area contributed by atoms with Crippen LogP contribution in [0.25, 0.3) is 10.6 Å². The molecule has 2 heterocycles. The third kappa shape index (κ3) is 3.94. The summed E-state index contributed by atoms with van der Waals surface area (Å²) in [5.41, 5.74) is 1.54. The molecule has 1 amide bonds. The van der Waals surface area contributed by atoms with Crippen molar-refractivity contribution in [3.05, 3.63) is 46.4 Å². The minimum atomic E-state index is -0.369. The van der Waals surface area contributed by atoms with Crippen LogP contribution in [0.4, 0.5) is 5.69 Å². The molecular formula is C20H17ClN2O5S. The normalized spacial score (nSPS) is 12.4. The minimum Gasteiger partial charge on any atom is -0.493 e. The van der Waals surface area contributed by atoms with Gasteiger partial charge < -0.3 is 24.3 Å². The number of nitrogens with one attached hydrogen (secondary N) is 1. The van der Waals surface area contributed by atoms with Crippen molar-refractivity contribution in [2.75, 3.05) is 32.8 Å². The van der Waals surface area contributed by atoms with E-state index in [9.17, 15) is 4.79 Å². The lowest BCUT2D eigenvalue weighted by Crippen LogP contribution is -2.17. The van der Waals surface area contributed by atoms with Gasteiger partial charge in [-0.1, -0.05) is 11.6 Å². The second-order valence-electron chi connectivity index (χ2n) is 6.04. The molecule has 0 fully saturated rings. The zero-order valence-electron chi connectivity index (χ0n) is 15.7. The summed E-state index contributed by atoms with van der Waals surface area (Å²) in [6.07, 6.45) is 0. The molecule has 3 aromatic rings. The lowest BCUT2D eigenvalue weighted by Gasteiger charge is -2.19. The Morgan fingerprint density at radius 2 is 1.83 bits per heavy atom. The molecule has 4 rings (SSSR count). The summed E-state index contributed by atoms with van der Waals surface area (Å²) < 4.78 is 21.6. The number of carbonyl (C=O) groups is 1. The Hall–Kier alpha value is -2.97. The zero-order valence-corrected chi connectivity index (χ0v) is 17.2. The summed E-state index contributed by atoms with van der Waals surface area (Å²) >= 11 is 7.62. The van der Waals surface area contributed by atoms with Crippen LogP contribution < -0.4 is 24.3 Å². The number of methoxy groups -OCH3 is 2. The van der Waals surface area contributed by atoms with Gasteiger partial charge in [-0.3, -0.25) is 4.79 Å².